The van der Waals surface area contributed by atoms with Crippen LogP contribution < -0.4 is 0 Å². The summed E-state index contributed by atoms with van der Waals surface area (Å²) in [5.74, 6) is 0. The molecule has 0 fully saturated rings. The summed E-state index contributed by atoms with van der Waals surface area (Å²) in [6.45, 7) is 4.57. The van der Waals surface area contributed by atoms with Gasteiger partial charge in [0, 0.05) is 54.4 Å². The van der Waals surface area contributed by atoms with E-state index in [1.54, 1.807) is 0 Å². The molecule has 4 aromatic heterocycles. The van der Waals surface area contributed by atoms with E-state index >= 15 is 0 Å². The Balaban J connectivity index is 1.20. The number of aryl methyl sites for hydroxylation is 2. The Hall–Kier alpha value is -2.30. The third-order valence-electron chi connectivity index (χ3n) is 8.25. The molecule has 0 unspecified atom stereocenters. The molecule has 0 aliphatic heterocycles. The topological polar surface area (TPSA) is 25.8 Å². The number of hydrogen-bond acceptors (Lipinski definition) is 4. The van der Waals surface area contributed by atoms with Crippen LogP contribution in [0, 0.1) is 0 Å². The zero-order valence-electron chi connectivity index (χ0n) is 26.2. The quantitative estimate of drug-likeness (QED) is 0.0889. The van der Waals surface area contributed by atoms with Gasteiger partial charge < -0.3 is 0 Å². The van der Waals surface area contributed by atoms with Gasteiger partial charge in [-0.15, -0.1) is 22.7 Å². The lowest BCUT2D eigenvalue weighted by molar-refractivity contribution is 0.574. The number of hydrogen-bond donors (Lipinski definition) is 0. The van der Waals surface area contributed by atoms with Crippen LogP contribution in [-0.2, 0) is 12.8 Å². The van der Waals surface area contributed by atoms with Gasteiger partial charge in [0.05, 0.1) is 0 Å². The molecule has 0 aliphatic carbocycles. The Morgan fingerprint density at radius 1 is 0.405 bits per heavy atom. The number of aromatic nitrogens is 2. The van der Waals surface area contributed by atoms with Gasteiger partial charge in [-0.05, 0) is 62.1 Å². The maximum absolute atomic E-state index is 4.79. The molecule has 0 aromatic carbocycles. The molecule has 0 bridgehead atoms. The third kappa shape index (κ3) is 11.1. The van der Waals surface area contributed by atoms with E-state index in [1.165, 1.54) is 145 Å². The number of rotatable bonds is 21. The van der Waals surface area contributed by atoms with Crippen molar-refractivity contribution in [2.24, 2.45) is 0 Å². The summed E-state index contributed by atoms with van der Waals surface area (Å²) in [5.41, 5.74) is 4.89. The summed E-state index contributed by atoms with van der Waals surface area (Å²) >= 11 is 3.72. The van der Waals surface area contributed by atoms with E-state index in [9.17, 15) is 0 Å². The van der Waals surface area contributed by atoms with E-state index in [0.29, 0.717) is 0 Å². The molecule has 0 saturated heterocycles. The highest BCUT2D eigenvalue weighted by Crippen LogP contribution is 2.40. The van der Waals surface area contributed by atoms with Gasteiger partial charge in [0.25, 0.3) is 0 Å². The van der Waals surface area contributed by atoms with Crippen LogP contribution in [0.3, 0.4) is 0 Å². The summed E-state index contributed by atoms with van der Waals surface area (Å²) in [5, 5.41) is 0. The highest BCUT2D eigenvalue weighted by Gasteiger charge is 2.10. The number of unbranched alkanes of at least 4 members (excludes halogenated alkanes) is 14. The second-order valence-electron chi connectivity index (χ2n) is 11.9. The lowest BCUT2D eigenvalue weighted by Gasteiger charge is -2.03. The SMILES string of the molecule is CCCCCCCCCCc1ccc(-c2ccc(-c3ccc(-c4ccc(CCCCCCCCCC)nc4)s3)s2)cn1. The van der Waals surface area contributed by atoms with Gasteiger partial charge in [0.2, 0.25) is 0 Å². The van der Waals surface area contributed by atoms with Crippen molar-refractivity contribution in [3.63, 3.8) is 0 Å². The smallest absolute Gasteiger partial charge is 0.0449 e. The van der Waals surface area contributed by atoms with E-state index in [-0.39, 0.29) is 0 Å². The molecule has 4 aromatic rings. The van der Waals surface area contributed by atoms with Crippen molar-refractivity contribution in [2.75, 3.05) is 0 Å². The Bertz CT molecular complexity index is 1150. The maximum Gasteiger partial charge on any atom is 0.0449 e. The Morgan fingerprint density at radius 2 is 0.762 bits per heavy atom. The largest absolute Gasteiger partial charge is 0.261 e. The molecule has 0 aliphatic rings. The first-order valence-electron chi connectivity index (χ1n) is 16.9. The molecule has 42 heavy (non-hydrogen) atoms. The van der Waals surface area contributed by atoms with Crippen LogP contribution >= 0.6 is 22.7 Å². The van der Waals surface area contributed by atoms with Crippen LogP contribution in [0.1, 0.15) is 128 Å². The van der Waals surface area contributed by atoms with Gasteiger partial charge in [-0.1, -0.05) is 116 Å². The zero-order chi connectivity index (χ0) is 29.2. The molecule has 4 heteroatoms. The fourth-order valence-corrected chi connectivity index (χ4v) is 7.65. The molecular formula is C38H52N2S2. The molecular weight excluding hydrogens is 549 g/mol. The molecule has 226 valence electrons. The maximum atomic E-state index is 4.79. The third-order valence-corrected chi connectivity index (χ3v) is 10.7. The minimum absolute atomic E-state index is 1.10. The van der Waals surface area contributed by atoms with Crippen LogP contribution in [0.25, 0.3) is 30.6 Å². The summed E-state index contributed by atoms with van der Waals surface area (Å²) in [7, 11) is 0. The average Bonchev–Trinajstić information content (AvgIpc) is 3.71. The first kappa shape index (κ1) is 32.6. The van der Waals surface area contributed by atoms with Crippen LogP contribution in [0.15, 0.2) is 60.9 Å². The molecule has 0 atom stereocenters. The van der Waals surface area contributed by atoms with Gasteiger partial charge in [0.1, 0.15) is 0 Å². The molecule has 4 rings (SSSR count). The molecule has 2 nitrogen and oxygen atoms in total. The van der Waals surface area contributed by atoms with Crippen molar-refractivity contribution in [3.05, 3.63) is 72.3 Å². The van der Waals surface area contributed by atoms with Crippen molar-refractivity contribution >= 4 is 22.7 Å². The lowest BCUT2D eigenvalue weighted by Crippen LogP contribution is -1.90. The molecule has 0 saturated carbocycles. The van der Waals surface area contributed by atoms with Crippen molar-refractivity contribution in [1.29, 1.82) is 0 Å². The van der Waals surface area contributed by atoms with Crippen LogP contribution in [0.5, 0.6) is 0 Å². The second kappa shape index (κ2) is 19.1. The normalized spacial score (nSPS) is 11.4. The Morgan fingerprint density at radius 3 is 1.12 bits per heavy atom. The number of thiophene rings is 2. The molecule has 0 amide bonds. The van der Waals surface area contributed by atoms with Gasteiger partial charge in [-0.25, -0.2) is 0 Å². The van der Waals surface area contributed by atoms with E-state index in [0.717, 1.165) is 12.8 Å². The minimum atomic E-state index is 1.10. The van der Waals surface area contributed by atoms with Gasteiger partial charge in [-0.2, -0.15) is 0 Å². The average molecular weight is 601 g/mol. The Labute approximate surface area is 264 Å². The van der Waals surface area contributed by atoms with Crippen LogP contribution in [0.4, 0.5) is 0 Å². The summed E-state index contributed by atoms with van der Waals surface area (Å²) < 4.78 is 0. The fraction of sp³-hybridized carbons (Fsp3) is 0.526. The van der Waals surface area contributed by atoms with Gasteiger partial charge in [0.15, 0.2) is 0 Å². The summed E-state index contributed by atoms with van der Waals surface area (Å²) in [6.07, 6.45) is 28.0. The fourth-order valence-electron chi connectivity index (χ4n) is 5.57. The second-order valence-corrected chi connectivity index (χ2v) is 14.0. The van der Waals surface area contributed by atoms with Gasteiger partial charge >= 0.3 is 0 Å². The number of pyridine rings is 2. The minimum Gasteiger partial charge on any atom is -0.261 e. The summed E-state index contributed by atoms with van der Waals surface area (Å²) in [6, 6.07) is 18.0. The van der Waals surface area contributed by atoms with Crippen molar-refractivity contribution in [3.8, 4) is 30.6 Å². The molecule has 0 N–H and O–H groups in total. The van der Waals surface area contributed by atoms with Gasteiger partial charge in [-0.3, -0.25) is 9.97 Å². The first-order valence-corrected chi connectivity index (χ1v) is 18.5. The van der Waals surface area contributed by atoms with Crippen molar-refractivity contribution in [1.82, 2.24) is 9.97 Å². The first-order chi connectivity index (χ1) is 20.8. The standard InChI is InChI=1S/C38H52N2S2/c1-3-5-7-9-11-13-15-17-19-33-23-21-31(29-39-33)35-25-27-37(41-35)38-28-26-36(42-38)32-22-24-34(40-30-32)20-18-16-14-12-10-8-6-4-2/h21-30H,3-20H2,1-2H3. The predicted molar refractivity (Wildman–Crippen MR) is 187 cm³/mol. The van der Waals surface area contributed by atoms with E-state index in [4.69, 9.17) is 9.97 Å². The molecule has 0 radical (unpaired) electrons. The summed E-state index contributed by atoms with van der Waals surface area (Å²) in [4.78, 5) is 14.8. The molecule has 4 heterocycles. The van der Waals surface area contributed by atoms with E-state index < -0.39 is 0 Å². The molecule has 0 spiro atoms. The van der Waals surface area contributed by atoms with Crippen LogP contribution in [-0.4, -0.2) is 9.97 Å². The predicted octanol–water partition coefficient (Wildman–Crippen LogP) is 13.0. The van der Waals surface area contributed by atoms with Crippen molar-refractivity contribution < 1.29 is 0 Å². The van der Waals surface area contributed by atoms with E-state index in [1.807, 2.05) is 22.7 Å². The van der Waals surface area contributed by atoms with E-state index in [2.05, 4.69) is 74.8 Å². The van der Waals surface area contributed by atoms with Crippen LogP contribution in [0.2, 0.25) is 0 Å². The van der Waals surface area contributed by atoms with Crippen molar-refractivity contribution in [2.45, 2.75) is 129 Å². The number of nitrogens with zero attached hydrogens (tertiary/aromatic N) is 2. The Kier molecular flexibility index (Phi) is 14.8. The lowest BCUT2D eigenvalue weighted by atomic mass is 10.1. The highest BCUT2D eigenvalue weighted by molar-refractivity contribution is 7.25. The zero-order valence-corrected chi connectivity index (χ0v) is 27.8. The highest BCUT2D eigenvalue weighted by atomic mass is 32.1. The monoisotopic (exact) mass is 600 g/mol.